The van der Waals surface area contributed by atoms with Gasteiger partial charge in [0.25, 0.3) is 0 Å². The molecule has 1 atom stereocenters. The molecule has 1 rings (SSSR count). The van der Waals surface area contributed by atoms with Crippen molar-refractivity contribution in [2.24, 2.45) is 0 Å². The van der Waals surface area contributed by atoms with Crippen molar-refractivity contribution < 1.29 is 14.6 Å². The van der Waals surface area contributed by atoms with Crippen molar-refractivity contribution in [1.82, 2.24) is 4.98 Å². The van der Waals surface area contributed by atoms with Crippen LogP contribution >= 0.6 is 11.3 Å². The maximum atomic E-state index is 11.1. The molecule has 0 amide bonds. The van der Waals surface area contributed by atoms with Crippen LogP contribution in [-0.2, 0) is 4.79 Å². The van der Waals surface area contributed by atoms with Crippen molar-refractivity contribution in [3.05, 3.63) is 11.2 Å². The van der Waals surface area contributed by atoms with E-state index in [-0.39, 0.29) is 6.42 Å². The quantitative estimate of drug-likeness (QED) is 0.745. The summed E-state index contributed by atoms with van der Waals surface area (Å²) in [5.41, 5.74) is 2.31. The van der Waals surface area contributed by atoms with Gasteiger partial charge in [-0.1, -0.05) is 11.3 Å². The molecule has 5 heteroatoms. The molecule has 13 heavy (non-hydrogen) atoms. The summed E-state index contributed by atoms with van der Waals surface area (Å²) < 4.78 is 4.95. The Kier molecular flexibility index (Phi) is 3.39. The molecule has 1 heterocycles. The van der Waals surface area contributed by atoms with Crippen LogP contribution < -0.4 is 4.74 Å². The van der Waals surface area contributed by atoms with Crippen LogP contribution in [0, 0.1) is 6.92 Å². The number of aryl methyl sites for hydroxylation is 1. The summed E-state index contributed by atoms with van der Waals surface area (Å²) in [4.78, 5) is 15.0. The molecule has 0 saturated carbocycles. The van der Waals surface area contributed by atoms with Gasteiger partial charge in [0, 0.05) is 0 Å². The van der Waals surface area contributed by atoms with E-state index in [0.717, 1.165) is 0 Å². The zero-order valence-electron chi connectivity index (χ0n) is 7.48. The largest absolute Gasteiger partial charge is 0.413 e. The summed E-state index contributed by atoms with van der Waals surface area (Å²) in [6, 6.07) is 0. The van der Waals surface area contributed by atoms with Crippen molar-refractivity contribution >= 4 is 17.3 Å². The summed E-state index contributed by atoms with van der Waals surface area (Å²) in [7, 11) is 0. The minimum Gasteiger partial charge on any atom is -0.413 e. The number of carbonyl (C=O) groups excluding carboxylic acids is 1. The summed E-state index contributed by atoms with van der Waals surface area (Å²) >= 11 is 1.27. The second kappa shape index (κ2) is 4.34. The Labute approximate surface area is 80.2 Å². The van der Waals surface area contributed by atoms with E-state index in [0.29, 0.717) is 10.8 Å². The SMILES string of the molecule is Cc1ncsc1OC(=O)CC(C)O. The molecule has 0 radical (unpaired) electrons. The first-order chi connectivity index (χ1) is 6.09. The number of hydrogen-bond acceptors (Lipinski definition) is 5. The van der Waals surface area contributed by atoms with E-state index in [2.05, 4.69) is 4.98 Å². The topological polar surface area (TPSA) is 59.4 Å². The minimum atomic E-state index is -0.666. The van der Waals surface area contributed by atoms with E-state index in [1.807, 2.05) is 0 Å². The molecule has 0 saturated heterocycles. The Morgan fingerprint density at radius 1 is 1.85 bits per heavy atom. The maximum absolute atomic E-state index is 11.1. The Hall–Kier alpha value is -0.940. The van der Waals surface area contributed by atoms with Crippen molar-refractivity contribution in [3.8, 4) is 5.06 Å². The summed E-state index contributed by atoms with van der Waals surface area (Å²) in [6.07, 6.45) is -0.655. The van der Waals surface area contributed by atoms with Crippen molar-refractivity contribution in [2.45, 2.75) is 26.4 Å². The number of aromatic nitrogens is 1. The smallest absolute Gasteiger partial charge is 0.314 e. The van der Waals surface area contributed by atoms with Gasteiger partial charge in [-0.05, 0) is 13.8 Å². The first-order valence-electron chi connectivity index (χ1n) is 3.88. The molecule has 0 bridgehead atoms. The molecule has 0 spiro atoms. The molecule has 1 aromatic rings. The number of aliphatic hydroxyl groups excluding tert-OH is 1. The highest BCUT2D eigenvalue weighted by molar-refractivity contribution is 7.11. The third-order valence-corrected chi connectivity index (χ3v) is 2.17. The molecule has 0 aliphatic carbocycles. The van der Waals surface area contributed by atoms with Gasteiger partial charge in [0.15, 0.2) is 0 Å². The highest BCUT2D eigenvalue weighted by Crippen LogP contribution is 2.22. The zero-order valence-corrected chi connectivity index (χ0v) is 8.30. The van der Waals surface area contributed by atoms with Crippen LogP contribution in [-0.4, -0.2) is 22.2 Å². The number of ether oxygens (including phenoxy) is 1. The van der Waals surface area contributed by atoms with Gasteiger partial charge in [-0.3, -0.25) is 4.79 Å². The summed E-state index contributed by atoms with van der Waals surface area (Å²) in [6.45, 7) is 3.31. The van der Waals surface area contributed by atoms with Gasteiger partial charge in [-0.15, -0.1) is 0 Å². The predicted octanol–water partition coefficient (Wildman–Crippen LogP) is 1.13. The Bertz CT molecular complexity index is 295. The molecule has 4 nitrogen and oxygen atoms in total. The van der Waals surface area contributed by atoms with Gasteiger partial charge < -0.3 is 9.84 Å². The Morgan fingerprint density at radius 3 is 3.00 bits per heavy atom. The van der Waals surface area contributed by atoms with Crippen LogP contribution in [0.2, 0.25) is 0 Å². The number of esters is 1. The molecule has 1 unspecified atom stereocenters. The maximum Gasteiger partial charge on any atom is 0.314 e. The van der Waals surface area contributed by atoms with E-state index in [9.17, 15) is 4.79 Å². The summed E-state index contributed by atoms with van der Waals surface area (Å²) in [5, 5.41) is 9.41. The average Bonchev–Trinajstić information content (AvgIpc) is 2.34. The van der Waals surface area contributed by atoms with Gasteiger partial charge in [-0.2, -0.15) is 0 Å². The fourth-order valence-electron chi connectivity index (χ4n) is 0.775. The Balaban J connectivity index is 2.50. The number of thiazole rings is 1. The fraction of sp³-hybridized carbons (Fsp3) is 0.500. The van der Waals surface area contributed by atoms with Gasteiger partial charge in [0.05, 0.1) is 23.7 Å². The van der Waals surface area contributed by atoms with E-state index in [1.54, 1.807) is 19.4 Å². The van der Waals surface area contributed by atoms with Crippen LogP contribution in [0.5, 0.6) is 5.06 Å². The van der Waals surface area contributed by atoms with Crippen LogP contribution in [0.3, 0.4) is 0 Å². The molecule has 0 aromatic carbocycles. The van der Waals surface area contributed by atoms with E-state index >= 15 is 0 Å². The van der Waals surface area contributed by atoms with Gasteiger partial charge >= 0.3 is 5.97 Å². The lowest BCUT2D eigenvalue weighted by Crippen LogP contribution is -2.14. The molecular formula is C8H11NO3S. The number of hydrogen-bond donors (Lipinski definition) is 1. The number of nitrogens with zero attached hydrogens (tertiary/aromatic N) is 1. The monoisotopic (exact) mass is 201 g/mol. The van der Waals surface area contributed by atoms with Crippen molar-refractivity contribution in [3.63, 3.8) is 0 Å². The normalized spacial score (nSPS) is 12.5. The van der Waals surface area contributed by atoms with Crippen LogP contribution in [0.15, 0.2) is 5.51 Å². The highest BCUT2D eigenvalue weighted by Gasteiger charge is 2.11. The average molecular weight is 201 g/mol. The van der Waals surface area contributed by atoms with Gasteiger partial charge in [0.1, 0.15) is 0 Å². The highest BCUT2D eigenvalue weighted by atomic mass is 32.1. The fourth-order valence-corrected chi connectivity index (χ4v) is 1.45. The molecule has 72 valence electrons. The first-order valence-corrected chi connectivity index (χ1v) is 4.76. The number of carbonyl (C=O) groups is 1. The molecular weight excluding hydrogens is 190 g/mol. The molecule has 0 aliphatic heterocycles. The van der Waals surface area contributed by atoms with Gasteiger partial charge in [0.2, 0.25) is 5.06 Å². The number of aliphatic hydroxyl groups is 1. The van der Waals surface area contributed by atoms with Crippen molar-refractivity contribution in [1.29, 1.82) is 0 Å². The van der Waals surface area contributed by atoms with E-state index in [1.165, 1.54) is 11.3 Å². The summed E-state index contributed by atoms with van der Waals surface area (Å²) in [5.74, 6) is -0.428. The van der Waals surface area contributed by atoms with Crippen LogP contribution in [0.4, 0.5) is 0 Å². The van der Waals surface area contributed by atoms with Gasteiger partial charge in [-0.25, -0.2) is 4.98 Å². The molecule has 1 N–H and O–H groups in total. The standard InChI is InChI=1S/C8H11NO3S/c1-5(10)3-7(11)12-8-6(2)9-4-13-8/h4-5,10H,3H2,1-2H3. The predicted molar refractivity (Wildman–Crippen MR) is 48.8 cm³/mol. The zero-order chi connectivity index (χ0) is 9.84. The lowest BCUT2D eigenvalue weighted by atomic mass is 10.3. The minimum absolute atomic E-state index is 0.0112. The van der Waals surface area contributed by atoms with Crippen LogP contribution in [0.25, 0.3) is 0 Å². The molecule has 0 aliphatic rings. The molecule has 0 fully saturated rings. The lowest BCUT2D eigenvalue weighted by molar-refractivity contribution is -0.136. The van der Waals surface area contributed by atoms with E-state index in [4.69, 9.17) is 9.84 Å². The third-order valence-electron chi connectivity index (χ3n) is 1.37. The molecule has 1 aromatic heterocycles. The number of rotatable bonds is 3. The third kappa shape index (κ3) is 3.12. The second-order valence-electron chi connectivity index (χ2n) is 2.75. The van der Waals surface area contributed by atoms with Crippen molar-refractivity contribution in [2.75, 3.05) is 0 Å². The van der Waals surface area contributed by atoms with Crippen LogP contribution in [0.1, 0.15) is 19.0 Å². The van der Waals surface area contributed by atoms with E-state index < -0.39 is 12.1 Å². The Morgan fingerprint density at radius 2 is 2.54 bits per heavy atom. The lowest BCUT2D eigenvalue weighted by Gasteiger charge is -2.03. The second-order valence-corrected chi connectivity index (χ2v) is 3.57. The first kappa shape index (κ1) is 10.1.